The Morgan fingerprint density at radius 1 is 1.43 bits per heavy atom. The van der Waals surface area contributed by atoms with Crippen LogP contribution in [0, 0.1) is 13.8 Å². The lowest BCUT2D eigenvalue weighted by Gasteiger charge is -2.25. The van der Waals surface area contributed by atoms with Crippen molar-refractivity contribution in [1.82, 2.24) is 14.7 Å². The van der Waals surface area contributed by atoms with Gasteiger partial charge in [-0.25, -0.2) is 0 Å². The lowest BCUT2D eigenvalue weighted by Crippen LogP contribution is -2.32. The van der Waals surface area contributed by atoms with E-state index in [4.69, 9.17) is 4.74 Å². The fraction of sp³-hybridized carbons (Fsp3) is 0.750. The van der Waals surface area contributed by atoms with Crippen molar-refractivity contribution in [3.8, 4) is 0 Å². The van der Waals surface area contributed by atoms with Crippen molar-refractivity contribution in [1.29, 1.82) is 0 Å². The van der Waals surface area contributed by atoms with Gasteiger partial charge in [0, 0.05) is 32.4 Å². The zero-order chi connectivity index (χ0) is 15.4. The molecule has 5 nitrogen and oxygen atoms in total. The normalized spacial score (nSPS) is 18.8. The second kappa shape index (κ2) is 7.07. The maximum Gasteiger partial charge on any atom is 0.257 e. The Morgan fingerprint density at radius 3 is 2.76 bits per heavy atom. The molecule has 1 fully saturated rings. The summed E-state index contributed by atoms with van der Waals surface area (Å²) in [5.74, 6) is 0.0699. The Morgan fingerprint density at radius 2 is 2.19 bits per heavy atom. The van der Waals surface area contributed by atoms with Gasteiger partial charge in [-0.2, -0.15) is 5.10 Å². The van der Waals surface area contributed by atoms with E-state index >= 15 is 0 Å². The summed E-state index contributed by atoms with van der Waals surface area (Å²) in [4.78, 5) is 14.4. The van der Waals surface area contributed by atoms with E-state index in [0.717, 1.165) is 49.5 Å². The van der Waals surface area contributed by atoms with E-state index in [1.807, 2.05) is 32.5 Å². The molecule has 0 saturated carbocycles. The maximum absolute atomic E-state index is 12.6. The van der Waals surface area contributed by atoms with Gasteiger partial charge in [0.1, 0.15) is 0 Å². The molecule has 0 aliphatic carbocycles. The van der Waals surface area contributed by atoms with Gasteiger partial charge in [-0.3, -0.25) is 9.48 Å². The minimum Gasteiger partial charge on any atom is -0.378 e. The first-order valence-corrected chi connectivity index (χ1v) is 7.95. The number of carbonyl (C=O) groups is 1. The molecule has 0 spiro atoms. The summed E-state index contributed by atoms with van der Waals surface area (Å²) >= 11 is 0. The molecule has 0 N–H and O–H groups in total. The van der Waals surface area contributed by atoms with E-state index in [1.54, 1.807) is 4.90 Å². The molecule has 0 unspecified atom stereocenters. The van der Waals surface area contributed by atoms with Crippen molar-refractivity contribution in [3.05, 3.63) is 17.0 Å². The number of hydrogen-bond acceptors (Lipinski definition) is 3. The molecule has 1 aliphatic heterocycles. The van der Waals surface area contributed by atoms with Gasteiger partial charge in [-0.15, -0.1) is 0 Å². The molecule has 2 heterocycles. The molecule has 0 aromatic carbocycles. The van der Waals surface area contributed by atoms with E-state index in [1.165, 1.54) is 12.8 Å². The summed E-state index contributed by atoms with van der Waals surface area (Å²) in [6.07, 6.45) is 4.76. The molecule has 0 radical (unpaired) electrons. The summed E-state index contributed by atoms with van der Waals surface area (Å²) in [5, 5.41) is 4.43. The number of carbonyl (C=O) groups excluding carboxylic acids is 1. The van der Waals surface area contributed by atoms with Crippen LogP contribution in [0.25, 0.3) is 0 Å². The van der Waals surface area contributed by atoms with Gasteiger partial charge in [-0.1, -0.05) is 0 Å². The van der Waals surface area contributed by atoms with Crippen molar-refractivity contribution in [2.24, 2.45) is 0 Å². The highest BCUT2D eigenvalue weighted by Crippen LogP contribution is 2.18. The first-order valence-electron chi connectivity index (χ1n) is 7.95. The Hall–Kier alpha value is -1.36. The van der Waals surface area contributed by atoms with Gasteiger partial charge < -0.3 is 9.64 Å². The van der Waals surface area contributed by atoms with Crippen molar-refractivity contribution in [2.45, 2.75) is 59.1 Å². The molecule has 118 valence electrons. The summed E-state index contributed by atoms with van der Waals surface area (Å²) in [6, 6.07) is 0. The highest BCUT2D eigenvalue weighted by Gasteiger charge is 2.22. The van der Waals surface area contributed by atoms with Gasteiger partial charge in [0.2, 0.25) is 0 Å². The molecule has 1 aliphatic rings. The number of ether oxygens (including phenoxy) is 1. The SMILES string of the molecule is CCn1nc(C)c(C(=O)N(C)CC[C@H]2CCCCO2)c1C. The van der Waals surface area contributed by atoms with Crippen molar-refractivity contribution in [2.75, 3.05) is 20.2 Å². The first-order chi connectivity index (χ1) is 10.0. The number of hydrogen-bond donors (Lipinski definition) is 0. The van der Waals surface area contributed by atoms with Gasteiger partial charge in [0.25, 0.3) is 5.91 Å². The fourth-order valence-corrected chi connectivity index (χ4v) is 2.98. The van der Waals surface area contributed by atoms with Crippen LogP contribution < -0.4 is 0 Å². The minimum absolute atomic E-state index is 0.0699. The molecular formula is C16H27N3O2. The van der Waals surface area contributed by atoms with Crippen molar-refractivity contribution in [3.63, 3.8) is 0 Å². The topological polar surface area (TPSA) is 47.4 Å². The molecule has 5 heteroatoms. The summed E-state index contributed by atoms with van der Waals surface area (Å²) in [7, 11) is 1.87. The standard InChI is InChI=1S/C16H27N3O2/c1-5-19-13(3)15(12(2)17-19)16(20)18(4)10-9-14-8-6-7-11-21-14/h14H,5-11H2,1-4H3/t14-/m1/s1. The van der Waals surface area contributed by atoms with Gasteiger partial charge in [0.15, 0.2) is 0 Å². The lowest BCUT2D eigenvalue weighted by molar-refractivity contribution is 0.00708. The van der Waals surface area contributed by atoms with Crippen LogP contribution in [0.5, 0.6) is 0 Å². The zero-order valence-electron chi connectivity index (χ0n) is 13.7. The quantitative estimate of drug-likeness (QED) is 0.838. The number of rotatable bonds is 5. The lowest BCUT2D eigenvalue weighted by atomic mass is 10.1. The van der Waals surface area contributed by atoms with Crippen LogP contribution in [0.15, 0.2) is 0 Å². The Kier molecular flexibility index (Phi) is 5.39. The van der Waals surface area contributed by atoms with Crippen molar-refractivity contribution < 1.29 is 9.53 Å². The third-order valence-corrected chi connectivity index (χ3v) is 4.30. The van der Waals surface area contributed by atoms with Crippen molar-refractivity contribution >= 4 is 5.91 Å². The van der Waals surface area contributed by atoms with E-state index in [2.05, 4.69) is 5.10 Å². The van der Waals surface area contributed by atoms with E-state index in [0.29, 0.717) is 6.10 Å². The molecule has 0 bridgehead atoms. The van der Waals surface area contributed by atoms with Gasteiger partial charge in [-0.05, 0) is 46.5 Å². The maximum atomic E-state index is 12.6. The largest absolute Gasteiger partial charge is 0.378 e. The molecular weight excluding hydrogens is 266 g/mol. The smallest absolute Gasteiger partial charge is 0.257 e. The predicted molar refractivity (Wildman–Crippen MR) is 82.5 cm³/mol. The molecule has 21 heavy (non-hydrogen) atoms. The minimum atomic E-state index is 0.0699. The van der Waals surface area contributed by atoms with E-state index < -0.39 is 0 Å². The van der Waals surface area contributed by atoms with Crippen LogP contribution in [-0.2, 0) is 11.3 Å². The molecule has 1 aromatic heterocycles. The summed E-state index contributed by atoms with van der Waals surface area (Å²) in [5.41, 5.74) is 2.53. The Balaban J connectivity index is 1.97. The van der Waals surface area contributed by atoms with Gasteiger partial charge in [0.05, 0.1) is 17.4 Å². The van der Waals surface area contributed by atoms with Crippen LogP contribution in [-0.4, -0.2) is 46.9 Å². The third kappa shape index (κ3) is 3.64. The first kappa shape index (κ1) is 16.0. The molecule has 1 aromatic rings. The Labute approximate surface area is 127 Å². The van der Waals surface area contributed by atoms with Crippen LogP contribution in [0.4, 0.5) is 0 Å². The molecule has 1 saturated heterocycles. The van der Waals surface area contributed by atoms with Crippen LogP contribution in [0.2, 0.25) is 0 Å². The Bertz CT molecular complexity index is 490. The fourth-order valence-electron chi connectivity index (χ4n) is 2.98. The third-order valence-electron chi connectivity index (χ3n) is 4.30. The molecule has 1 atom stereocenters. The predicted octanol–water partition coefficient (Wildman–Crippen LogP) is 2.55. The summed E-state index contributed by atoms with van der Waals surface area (Å²) in [6.45, 7) is 8.31. The second-order valence-corrected chi connectivity index (χ2v) is 5.87. The monoisotopic (exact) mass is 293 g/mol. The number of amides is 1. The van der Waals surface area contributed by atoms with Crippen LogP contribution in [0.3, 0.4) is 0 Å². The average molecular weight is 293 g/mol. The molecule has 2 rings (SSSR count). The van der Waals surface area contributed by atoms with E-state index in [9.17, 15) is 4.79 Å². The summed E-state index contributed by atoms with van der Waals surface area (Å²) < 4.78 is 7.62. The highest BCUT2D eigenvalue weighted by atomic mass is 16.5. The van der Waals surface area contributed by atoms with Crippen LogP contribution in [0.1, 0.15) is 54.4 Å². The van der Waals surface area contributed by atoms with E-state index in [-0.39, 0.29) is 5.91 Å². The second-order valence-electron chi connectivity index (χ2n) is 5.87. The zero-order valence-corrected chi connectivity index (χ0v) is 13.7. The van der Waals surface area contributed by atoms with Crippen LogP contribution >= 0.6 is 0 Å². The number of nitrogens with zero attached hydrogens (tertiary/aromatic N) is 3. The average Bonchev–Trinajstić information content (AvgIpc) is 2.79. The molecule has 1 amide bonds. The number of aryl methyl sites for hydroxylation is 2. The highest BCUT2D eigenvalue weighted by molar-refractivity contribution is 5.96. The number of aromatic nitrogens is 2. The van der Waals surface area contributed by atoms with Gasteiger partial charge >= 0.3 is 0 Å².